The number of likely N-dealkylation sites (tertiary alicyclic amines) is 1. The maximum Gasteiger partial charge on any atom is 0.312 e. The number of anilines is 1. The largest absolute Gasteiger partial charge is 0.507 e. The van der Waals surface area contributed by atoms with Gasteiger partial charge in [-0.25, -0.2) is 0 Å². The van der Waals surface area contributed by atoms with E-state index in [0.717, 1.165) is 19.6 Å². The number of hydrogen-bond donors (Lipinski definition) is 5. The third-order valence-corrected chi connectivity index (χ3v) is 13.9. The maximum atomic E-state index is 14.9. The van der Waals surface area contributed by atoms with Gasteiger partial charge < -0.3 is 44.7 Å². The first-order valence-electron chi connectivity index (χ1n) is 22.4. The minimum absolute atomic E-state index is 0.0311. The van der Waals surface area contributed by atoms with Crippen molar-refractivity contribution in [3.8, 4) is 17.2 Å². The van der Waals surface area contributed by atoms with Gasteiger partial charge in [0, 0.05) is 80.8 Å². The van der Waals surface area contributed by atoms with Crippen LogP contribution in [-0.2, 0) is 30.3 Å². The molecule has 65 heavy (non-hydrogen) atoms. The summed E-state index contributed by atoms with van der Waals surface area (Å²) in [4.78, 5) is 54.0. The average molecular weight is 895 g/mol. The number of phenols is 2. The molecule has 0 aromatic heterocycles. The Bertz CT molecular complexity index is 2570. The summed E-state index contributed by atoms with van der Waals surface area (Å²) in [6.07, 6.45) is 5.20. The van der Waals surface area contributed by atoms with Gasteiger partial charge in [-0.15, -0.1) is 0 Å². The topological polar surface area (TPSA) is 209 Å². The van der Waals surface area contributed by atoms with E-state index >= 15 is 0 Å². The van der Waals surface area contributed by atoms with Crippen molar-refractivity contribution in [3.05, 3.63) is 93.9 Å². The van der Waals surface area contributed by atoms with Crippen molar-refractivity contribution in [1.29, 1.82) is 0 Å². The Kier molecular flexibility index (Phi) is 13.6. The Morgan fingerprint density at radius 2 is 1.63 bits per heavy atom. The number of Topliss-reactive ketones (excluding diaryl/α,β-unsaturated/α-hetero) is 1. The molecule has 0 unspecified atom stereocenters. The molecule has 0 aliphatic carbocycles. The highest BCUT2D eigenvalue weighted by Crippen LogP contribution is 2.49. The molecule has 0 radical (unpaired) electrons. The summed E-state index contributed by atoms with van der Waals surface area (Å²) in [5.74, 6) is -6.98. The van der Waals surface area contributed by atoms with E-state index in [1.807, 2.05) is 18.2 Å². The van der Waals surface area contributed by atoms with Crippen molar-refractivity contribution < 1.29 is 53.8 Å². The molecule has 0 saturated carbocycles. The number of aliphatic hydroxyl groups excluding tert-OH is 2. The van der Waals surface area contributed by atoms with Crippen LogP contribution in [0.5, 0.6) is 17.2 Å². The summed E-state index contributed by atoms with van der Waals surface area (Å²) in [7, 11) is 1.47. The van der Waals surface area contributed by atoms with Crippen molar-refractivity contribution in [2.75, 3.05) is 32.1 Å². The first-order valence-corrected chi connectivity index (χ1v) is 22.4. The van der Waals surface area contributed by atoms with Gasteiger partial charge in [0.05, 0.1) is 53.0 Å². The minimum atomic E-state index is -1.97. The number of esters is 1. The van der Waals surface area contributed by atoms with E-state index in [2.05, 4.69) is 22.3 Å². The number of nitrogens with zero attached hydrogens (tertiary/aromatic N) is 3. The molecule has 1 saturated heterocycles. The van der Waals surface area contributed by atoms with Crippen molar-refractivity contribution in [2.45, 2.75) is 111 Å². The highest BCUT2D eigenvalue weighted by molar-refractivity contribution is 6.19. The fraction of sp³-hybridized carbons (Fsp3) is 0.500. The zero-order valence-corrected chi connectivity index (χ0v) is 38.6. The number of carbonyl (C=O) groups is 3. The van der Waals surface area contributed by atoms with Crippen molar-refractivity contribution in [2.24, 2.45) is 33.7 Å². The number of rotatable bonds is 4. The molecule has 7 rings (SSSR count). The second-order valence-corrected chi connectivity index (χ2v) is 18.5. The Balaban J connectivity index is 1.38. The lowest BCUT2D eigenvalue weighted by molar-refractivity contribution is -0.160. The molecule has 15 heteroatoms. The zero-order valence-electron chi connectivity index (χ0n) is 38.6. The number of ether oxygens (including phenoxy) is 4. The number of piperidine rings is 1. The number of methoxy groups -OCH3 is 1. The molecule has 1 amide bonds. The molecule has 1 fully saturated rings. The van der Waals surface area contributed by atoms with E-state index in [-0.39, 0.29) is 61.9 Å². The smallest absolute Gasteiger partial charge is 0.312 e. The number of hydrogen-bond acceptors (Lipinski definition) is 14. The lowest BCUT2D eigenvalue weighted by atomic mass is 9.78. The van der Waals surface area contributed by atoms with E-state index in [1.54, 1.807) is 65.8 Å². The van der Waals surface area contributed by atoms with Gasteiger partial charge in [-0.1, -0.05) is 76.3 Å². The highest BCUT2D eigenvalue weighted by Gasteiger charge is 2.50. The summed E-state index contributed by atoms with van der Waals surface area (Å²) >= 11 is 0. The van der Waals surface area contributed by atoms with Crippen LogP contribution in [0.2, 0.25) is 0 Å². The molecule has 4 heterocycles. The van der Waals surface area contributed by atoms with E-state index in [9.17, 15) is 34.8 Å². The summed E-state index contributed by atoms with van der Waals surface area (Å²) in [6, 6.07) is 10.2. The van der Waals surface area contributed by atoms with Gasteiger partial charge >= 0.3 is 11.8 Å². The van der Waals surface area contributed by atoms with Crippen molar-refractivity contribution in [1.82, 2.24) is 4.90 Å². The van der Waals surface area contributed by atoms with Crippen LogP contribution >= 0.6 is 0 Å². The number of fused-ring (bicyclic) bond motifs is 1. The van der Waals surface area contributed by atoms with Crippen LogP contribution in [0.25, 0.3) is 10.8 Å². The number of aliphatic hydroxyl groups is 2. The standard InChI is InChI=1S/C50H62N4O11/c1-26-14-13-15-27(2)48(61)52-40-39-38(53-50(25-51-39)19-21-54(22-20-50)24-33-16-11-10-12-17-33)35-36(44(40)59)43(58)31(6)46-37(35)47(60)49(8,65-46)63-23-18-34(62-9)28(3)45(64-32(7)55)30(5)42(57)29(4)41(26)56/h10-18,23,26,28-30,34,41-42,45,56-59H,19-22,24-25H2,1-9H3,(H,52,61)/b14-13+,23-18+,27-15-/t26-,28+,29+,30+,34-,41-,42+,45+,49-/m0/s1. The van der Waals surface area contributed by atoms with Crippen LogP contribution in [0.4, 0.5) is 5.69 Å². The molecular formula is C50H62N4O11. The third kappa shape index (κ3) is 9.03. The first kappa shape index (κ1) is 47.4. The second kappa shape index (κ2) is 18.7. The van der Waals surface area contributed by atoms with Gasteiger partial charge in [0.25, 0.3) is 11.7 Å². The summed E-state index contributed by atoms with van der Waals surface area (Å²) < 4.78 is 24.1. The summed E-state index contributed by atoms with van der Waals surface area (Å²) in [6.45, 7) is 15.4. The van der Waals surface area contributed by atoms with Gasteiger partial charge in [-0.05, 0) is 38.3 Å². The number of nitrogens with one attached hydrogen (secondary N) is 1. The van der Waals surface area contributed by atoms with Crippen LogP contribution in [0, 0.1) is 30.6 Å². The monoisotopic (exact) mass is 894 g/mol. The van der Waals surface area contributed by atoms with Gasteiger partial charge in [-0.2, -0.15) is 0 Å². The molecule has 9 atom stereocenters. The van der Waals surface area contributed by atoms with Gasteiger partial charge in [0.15, 0.2) is 5.75 Å². The lowest BCUT2D eigenvalue weighted by Gasteiger charge is -2.39. The molecule has 4 aliphatic rings. The van der Waals surface area contributed by atoms with Crippen LogP contribution in [0.3, 0.4) is 0 Å². The van der Waals surface area contributed by atoms with Crippen LogP contribution in [0.15, 0.2) is 76.5 Å². The van der Waals surface area contributed by atoms with Crippen molar-refractivity contribution >= 4 is 34.1 Å². The number of amides is 1. The average Bonchev–Trinajstić information content (AvgIpc) is 3.55. The third-order valence-electron chi connectivity index (χ3n) is 13.9. The predicted molar refractivity (Wildman–Crippen MR) is 243 cm³/mol. The number of benzene rings is 3. The Morgan fingerprint density at radius 3 is 2.29 bits per heavy atom. The second-order valence-electron chi connectivity index (χ2n) is 18.5. The van der Waals surface area contributed by atoms with Crippen LogP contribution in [-0.4, -0.2) is 105 Å². The molecule has 348 valence electrons. The summed E-state index contributed by atoms with van der Waals surface area (Å²) in [5, 5.41) is 50.4. The van der Waals surface area contributed by atoms with E-state index in [4.69, 9.17) is 28.9 Å². The minimum Gasteiger partial charge on any atom is -0.507 e. The molecule has 15 nitrogen and oxygen atoms in total. The summed E-state index contributed by atoms with van der Waals surface area (Å²) in [5.41, 5.74) is 0.869. The number of carbonyl (C=O) groups excluding carboxylic acids is 3. The predicted octanol–water partition coefficient (Wildman–Crippen LogP) is 5.34. The van der Waals surface area contributed by atoms with E-state index < -0.39 is 82.8 Å². The van der Waals surface area contributed by atoms with Gasteiger partial charge in [0.2, 0.25) is 0 Å². The molecule has 3 aromatic rings. The molecule has 3 aromatic carbocycles. The Labute approximate surface area is 379 Å². The number of allylic oxidation sites excluding steroid dienone is 2. The molecule has 4 aliphatic heterocycles. The number of phenolic OH excluding ortho intramolecular Hbond substituents is 2. The van der Waals surface area contributed by atoms with E-state index in [1.165, 1.54) is 32.8 Å². The SMILES string of the molecule is CO[C@H]1/C=C/O[C@@]2(C)Oc3c(C)c(O)c4c(O)c(c5c(c4c3C2=O)=NC2(CCN(Cc3ccccc3)CC2)CN=5)NC(=O)/C(C)=C\C=C\[C@H](C)[C@H](O)[C@@H](C)[C@@H](O)[C@@H](C)[C@H](OC(C)=O)[C@@H]1C. The Morgan fingerprint density at radius 1 is 0.938 bits per heavy atom. The zero-order chi connectivity index (χ0) is 47.1. The van der Waals surface area contributed by atoms with Crippen LogP contribution < -0.4 is 20.8 Å². The van der Waals surface area contributed by atoms with Gasteiger partial charge in [-0.3, -0.25) is 29.3 Å². The molecular weight excluding hydrogens is 833 g/mol. The highest BCUT2D eigenvalue weighted by atomic mass is 16.7. The van der Waals surface area contributed by atoms with Crippen LogP contribution in [0.1, 0.15) is 82.8 Å². The molecule has 4 bridgehead atoms. The first-order chi connectivity index (χ1) is 30.8. The van der Waals surface area contributed by atoms with Gasteiger partial charge in [0.1, 0.15) is 28.6 Å². The fourth-order valence-corrected chi connectivity index (χ4v) is 9.71. The quantitative estimate of drug-likeness (QED) is 0.166. The molecule has 1 spiro atoms. The normalized spacial score (nSPS) is 31.4. The van der Waals surface area contributed by atoms with Crippen molar-refractivity contribution in [3.63, 3.8) is 0 Å². The lowest BCUT2D eigenvalue weighted by Crippen LogP contribution is -2.50. The molecule has 5 N–H and O–H groups in total. The number of ketones is 1. The Hall–Kier alpha value is -5.61. The maximum absolute atomic E-state index is 14.9. The number of aromatic hydroxyl groups is 2. The van der Waals surface area contributed by atoms with E-state index in [0.29, 0.717) is 12.8 Å². The fourth-order valence-electron chi connectivity index (χ4n) is 9.71.